The van der Waals surface area contributed by atoms with Crippen LogP contribution < -0.4 is 5.73 Å². The normalized spacial score (nSPS) is 11.5. The highest BCUT2D eigenvalue weighted by atomic mass is 127. The van der Waals surface area contributed by atoms with Crippen LogP contribution in [0.3, 0.4) is 0 Å². The topological polar surface area (TPSA) is 46.3 Å². The van der Waals surface area contributed by atoms with Crippen LogP contribution in [-0.2, 0) is 0 Å². The van der Waals surface area contributed by atoms with Crippen LogP contribution in [0, 0.1) is 14.8 Å². The lowest BCUT2D eigenvalue weighted by Crippen LogP contribution is -2.42. The second-order valence-electron chi connectivity index (χ2n) is 5.72. The Morgan fingerprint density at radius 3 is 2.60 bits per heavy atom. The summed E-state index contributed by atoms with van der Waals surface area (Å²) in [6.45, 7) is 7.91. The molecule has 0 aromatic heterocycles. The van der Waals surface area contributed by atoms with E-state index in [0.717, 1.165) is 6.42 Å². The number of hydrogen-bond acceptors (Lipinski definition) is 2. The molecule has 112 valence electrons. The van der Waals surface area contributed by atoms with E-state index in [1.54, 1.807) is 6.07 Å². The van der Waals surface area contributed by atoms with Gasteiger partial charge in [0.15, 0.2) is 0 Å². The highest BCUT2D eigenvalue weighted by Crippen LogP contribution is 2.20. The third kappa shape index (κ3) is 4.70. The Kier molecular flexibility index (Phi) is 6.39. The first-order valence-electron chi connectivity index (χ1n) is 6.75. The Hall–Kier alpha value is -0.690. The standard InChI is InChI=1S/C15H22FIN2O/c1-4-7-19(10-15(2,3)9-18)14(20)12-6-5-11(16)8-13(12)17/h5-6,8H,4,7,9-10,18H2,1-3H3. The largest absolute Gasteiger partial charge is 0.338 e. The third-order valence-electron chi connectivity index (χ3n) is 3.11. The Labute approximate surface area is 133 Å². The summed E-state index contributed by atoms with van der Waals surface area (Å²) in [7, 11) is 0. The van der Waals surface area contributed by atoms with Gasteiger partial charge in [-0.1, -0.05) is 20.8 Å². The number of hydrogen-bond donors (Lipinski definition) is 1. The van der Waals surface area contributed by atoms with Crippen molar-refractivity contribution in [3.05, 3.63) is 33.1 Å². The number of halogens is 2. The number of benzene rings is 1. The molecule has 0 spiro atoms. The van der Waals surface area contributed by atoms with Crippen molar-refractivity contribution in [2.24, 2.45) is 11.1 Å². The molecular weight excluding hydrogens is 370 g/mol. The SMILES string of the molecule is CCCN(CC(C)(C)CN)C(=O)c1ccc(F)cc1I. The second-order valence-corrected chi connectivity index (χ2v) is 6.88. The minimum atomic E-state index is -0.324. The van der Waals surface area contributed by atoms with Crippen molar-refractivity contribution in [3.63, 3.8) is 0 Å². The zero-order valence-electron chi connectivity index (χ0n) is 12.2. The van der Waals surface area contributed by atoms with Crippen LogP contribution in [0.4, 0.5) is 4.39 Å². The quantitative estimate of drug-likeness (QED) is 0.756. The van der Waals surface area contributed by atoms with E-state index < -0.39 is 0 Å². The van der Waals surface area contributed by atoms with Gasteiger partial charge in [0.25, 0.3) is 5.91 Å². The van der Waals surface area contributed by atoms with Crippen LogP contribution in [0.1, 0.15) is 37.6 Å². The maximum Gasteiger partial charge on any atom is 0.254 e. The molecular formula is C15H22FIN2O. The number of amides is 1. The number of nitrogens with zero attached hydrogens (tertiary/aromatic N) is 1. The van der Waals surface area contributed by atoms with E-state index >= 15 is 0 Å². The van der Waals surface area contributed by atoms with Crippen LogP contribution in [-0.4, -0.2) is 30.4 Å². The van der Waals surface area contributed by atoms with E-state index in [4.69, 9.17) is 5.73 Å². The maximum absolute atomic E-state index is 13.1. The maximum atomic E-state index is 13.1. The molecule has 1 rings (SSSR count). The smallest absolute Gasteiger partial charge is 0.254 e. The van der Waals surface area contributed by atoms with Gasteiger partial charge >= 0.3 is 0 Å². The average molecular weight is 392 g/mol. The average Bonchev–Trinajstić information content (AvgIpc) is 2.37. The molecule has 0 aliphatic rings. The Bertz CT molecular complexity index is 477. The molecule has 5 heteroatoms. The van der Waals surface area contributed by atoms with Crippen LogP contribution >= 0.6 is 22.6 Å². The van der Waals surface area contributed by atoms with Crippen molar-refractivity contribution >= 4 is 28.5 Å². The van der Waals surface area contributed by atoms with E-state index in [2.05, 4.69) is 0 Å². The van der Waals surface area contributed by atoms with E-state index in [-0.39, 0.29) is 17.1 Å². The number of carbonyl (C=O) groups excluding carboxylic acids is 1. The predicted octanol–water partition coefficient (Wildman–Crippen LogP) is 3.27. The van der Waals surface area contributed by atoms with Crippen molar-refractivity contribution in [2.75, 3.05) is 19.6 Å². The minimum Gasteiger partial charge on any atom is -0.338 e. The summed E-state index contributed by atoms with van der Waals surface area (Å²) >= 11 is 2.00. The molecule has 20 heavy (non-hydrogen) atoms. The molecule has 0 aliphatic heterocycles. The van der Waals surface area contributed by atoms with E-state index in [1.165, 1.54) is 12.1 Å². The monoisotopic (exact) mass is 392 g/mol. The lowest BCUT2D eigenvalue weighted by molar-refractivity contribution is 0.0688. The van der Waals surface area contributed by atoms with Crippen molar-refractivity contribution < 1.29 is 9.18 Å². The first-order valence-corrected chi connectivity index (χ1v) is 7.83. The molecule has 0 unspecified atom stereocenters. The third-order valence-corrected chi connectivity index (χ3v) is 4.01. The van der Waals surface area contributed by atoms with Crippen LogP contribution in [0.15, 0.2) is 18.2 Å². The zero-order chi connectivity index (χ0) is 15.3. The van der Waals surface area contributed by atoms with Gasteiger partial charge in [-0.25, -0.2) is 4.39 Å². The summed E-state index contributed by atoms with van der Waals surface area (Å²) in [5, 5.41) is 0. The van der Waals surface area contributed by atoms with Crippen molar-refractivity contribution in [1.82, 2.24) is 4.90 Å². The fourth-order valence-corrected chi connectivity index (χ4v) is 2.64. The van der Waals surface area contributed by atoms with Crippen molar-refractivity contribution in [2.45, 2.75) is 27.2 Å². The van der Waals surface area contributed by atoms with Gasteiger partial charge in [0.1, 0.15) is 5.82 Å². The lowest BCUT2D eigenvalue weighted by atomic mass is 9.92. The van der Waals surface area contributed by atoms with Crippen molar-refractivity contribution in [1.29, 1.82) is 0 Å². The van der Waals surface area contributed by atoms with Crippen LogP contribution in [0.2, 0.25) is 0 Å². The van der Waals surface area contributed by atoms with E-state index in [0.29, 0.717) is 28.8 Å². The molecule has 2 N–H and O–H groups in total. The molecule has 1 aromatic rings. The van der Waals surface area contributed by atoms with E-state index in [1.807, 2.05) is 48.3 Å². The highest BCUT2D eigenvalue weighted by molar-refractivity contribution is 14.1. The number of rotatable bonds is 6. The molecule has 0 heterocycles. The Morgan fingerprint density at radius 1 is 1.45 bits per heavy atom. The molecule has 0 saturated carbocycles. The summed E-state index contributed by atoms with van der Waals surface area (Å²) in [6.07, 6.45) is 0.879. The predicted molar refractivity (Wildman–Crippen MR) is 88.1 cm³/mol. The van der Waals surface area contributed by atoms with Gasteiger partial charge in [0.2, 0.25) is 0 Å². The summed E-state index contributed by atoms with van der Waals surface area (Å²) < 4.78 is 13.8. The fourth-order valence-electron chi connectivity index (χ4n) is 1.94. The first-order chi connectivity index (χ1) is 9.30. The first kappa shape index (κ1) is 17.4. The molecule has 1 amide bonds. The Morgan fingerprint density at radius 2 is 2.10 bits per heavy atom. The van der Waals surface area contributed by atoms with Crippen LogP contribution in [0.5, 0.6) is 0 Å². The molecule has 3 nitrogen and oxygen atoms in total. The highest BCUT2D eigenvalue weighted by Gasteiger charge is 2.25. The summed E-state index contributed by atoms with van der Waals surface area (Å²) in [4.78, 5) is 14.4. The van der Waals surface area contributed by atoms with Gasteiger partial charge in [-0.05, 0) is 59.2 Å². The zero-order valence-corrected chi connectivity index (χ0v) is 14.4. The molecule has 1 aromatic carbocycles. The molecule has 0 saturated heterocycles. The summed E-state index contributed by atoms with van der Waals surface area (Å²) in [5.74, 6) is -0.381. The van der Waals surface area contributed by atoms with Gasteiger partial charge in [-0.2, -0.15) is 0 Å². The fraction of sp³-hybridized carbons (Fsp3) is 0.533. The second kappa shape index (κ2) is 7.36. The Balaban J connectivity index is 2.99. The van der Waals surface area contributed by atoms with Crippen LogP contribution in [0.25, 0.3) is 0 Å². The number of carbonyl (C=O) groups is 1. The number of nitrogens with two attached hydrogens (primary N) is 1. The molecule has 0 aliphatic carbocycles. The van der Waals surface area contributed by atoms with Gasteiger partial charge in [0.05, 0.1) is 5.56 Å². The lowest BCUT2D eigenvalue weighted by Gasteiger charge is -2.32. The molecule has 0 atom stereocenters. The van der Waals surface area contributed by atoms with Gasteiger partial charge in [0, 0.05) is 16.7 Å². The van der Waals surface area contributed by atoms with Crippen molar-refractivity contribution in [3.8, 4) is 0 Å². The van der Waals surface area contributed by atoms with E-state index in [9.17, 15) is 9.18 Å². The summed E-state index contributed by atoms with van der Waals surface area (Å²) in [6, 6.07) is 4.26. The summed E-state index contributed by atoms with van der Waals surface area (Å²) in [5.41, 5.74) is 6.17. The van der Waals surface area contributed by atoms with Gasteiger partial charge in [-0.15, -0.1) is 0 Å². The minimum absolute atomic E-state index is 0.0576. The molecule has 0 bridgehead atoms. The molecule has 0 radical (unpaired) electrons. The van der Waals surface area contributed by atoms with Gasteiger partial charge < -0.3 is 10.6 Å². The molecule has 0 fully saturated rings. The van der Waals surface area contributed by atoms with Gasteiger partial charge in [-0.3, -0.25) is 4.79 Å².